The van der Waals surface area contributed by atoms with Crippen LogP contribution < -0.4 is 10.5 Å². The molecule has 1 fully saturated rings. The lowest BCUT2D eigenvalue weighted by Gasteiger charge is -2.28. The average Bonchev–Trinajstić information content (AvgIpc) is 2.31. The van der Waals surface area contributed by atoms with Crippen molar-refractivity contribution in [1.29, 1.82) is 0 Å². The molecule has 0 radical (unpaired) electrons. The first-order chi connectivity index (χ1) is 8.56. The van der Waals surface area contributed by atoms with Gasteiger partial charge in [0.2, 0.25) is 0 Å². The monoisotopic (exact) mass is 255 g/mol. The zero-order chi connectivity index (χ0) is 13.1. The van der Waals surface area contributed by atoms with Crippen LogP contribution in [0.3, 0.4) is 0 Å². The van der Waals surface area contributed by atoms with Crippen LogP contribution in [0.2, 0.25) is 0 Å². The minimum Gasteiger partial charge on any atom is -0.490 e. The fourth-order valence-electron chi connectivity index (χ4n) is 2.51. The Kier molecular flexibility index (Phi) is 4.04. The van der Waals surface area contributed by atoms with Crippen molar-refractivity contribution in [3.05, 3.63) is 23.8 Å². The number of hydrogen-bond acceptors (Lipinski definition) is 2. The second kappa shape index (κ2) is 5.55. The molecule has 0 amide bonds. The summed E-state index contributed by atoms with van der Waals surface area (Å²) in [4.78, 5) is 0. The molecule has 1 aromatic rings. The molecule has 0 spiro atoms. The molecule has 2 atom stereocenters. The van der Waals surface area contributed by atoms with Gasteiger partial charge in [-0.3, -0.25) is 0 Å². The van der Waals surface area contributed by atoms with E-state index in [0.29, 0.717) is 11.6 Å². The standard InChI is InChI=1S/C14H19F2NO/c1-9-3-2-4-11(7-9)18-13-6-5-10(17)8-12(13)14(15)16/h5-6,8-9,11,14H,2-4,7,17H2,1H3. The topological polar surface area (TPSA) is 35.2 Å². The zero-order valence-corrected chi connectivity index (χ0v) is 10.5. The van der Waals surface area contributed by atoms with Crippen molar-refractivity contribution in [1.82, 2.24) is 0 Å². The summed E-state index contributed by atoms with van der Waals surface area (Å²) in [6.45, 7) is 2.17. The first-order valence-corrected chi connectivity index (χ1v) is 6.40. The van der Waals surface area contributed by atoms with Gasteiger partial charge < -0.3 is 10.5 Å². The van der Waals surface area contributed by atoms with Crippen molar-refractivity contribution in [2.45, 2.75) is 45.1 Å². The highest BCUT2D eigenvalue weighted by atomic mass is 19.3. The van der Waals surface area contributed by atoms with E-state index in [9.17, 15) is 8.78 Å². The SMILES string of the molecule is CC1CCCC(Oc2ccc(N)cc2C(F)F)C1. The molecular formula is C14H19F2NO. The van der Waals surface area contributed by atoms with Gasteiger partial charge in [-0.1, -0.05) is 13.3 Å². The van der Waals surface area contributed by atoms with Gasteiger partial charge in [-0.05, 0) is 43.4 Å². The number of rotatable bonds is 3. The Hall–Kier alpha value is -1.32. The number of halogens is 2. The third kappa shape index (κ3) is 3.12. The summed E-state index contributed by atoms with van der Waals surface area (Å²) in [5.74, 6) is 0.880. The lowest BCUT2D eigenvalue weighted by Crippen LogP contribution is -2.24. The molecule has 100 valence electrons. The molecule has 4 heteroatoms. The third-order valence-electron chi connectivity index (χ3n) is 3.45. The Bertz CT molecular complexity index is 409. The lowest BCUT2D eigenvalue weighted by atomic mass is 9.88. The summed E-state index contributed by atoms with van der Waals surface area (Å²) in [5, 5.41) is 0. The van der Waals surface area contributed by atoms with Gasteiger partial charge in [-0.15, -0.1) is 0 Å². The highest BCUT2D eigenvalue weighted by Gasteiger charge is 2.23. The fourth-order valence-corrected chi connectivity index (χ4v) is 2.51. The van der Waals surface area contributed by atoms with Crippen LogP contribution >= 0.6 is 0 Å². The van der Waals surface area contributed by atoms with Gasteiger partial charge in [0.1, 0.15) is 5.75 Å². The van der Waals surface area contributed by atoms with Crippen molar-refractivity contribution in [3.8, 4) is 5.75 Å². The molecule has 0 saturated heterocycles. The quantitative estimate of drug-likeness (QED) is 0.823. The van der Waals surface area contributed by atoms with Crippen LogP contribution in [0.4, 0.5) is 14.5 Å². The van der Waals surface area contributed by atoms with E-state index in [1.807, 2.05) is 0 Å². The van der Waals surface area contributed by atoms with Crippen LogP contribution in [-0.4, -0.2) is 6.10 Å². The first-order valence-electron chi connectivity index (χ1n) is 6.40. The van der Waals surface area contributed by atoms with Gasteiger partial charge >= 0.3 is 0 Å². The van der Waals surface area contributed by atoms with Crippen LogP contribution in [0.15, 0.2) is 18.2 Å². The van der Waals surface area contributed by atoms with Gasteiger partial charge in [-0.25, -0.2) is 8.78 Å². The van der Waals surface area contributed by atoms with Gasteiger partial charge in [-0.2, -0.15) is 0 Å². The zero-order valence-electron chi connectivity index (χ0n) is 10.5. The number of ether oxygens (including phenoxy) is 1. The molecule has 2 N–H and O–H groups in total. The smallest absolute Gasteiger partial charge is 0.267 e. The van der Waals surface area contributed by atoms with Crippen molar-refractivity contribution >= 4 is 5.69 Å². The number of nitrogen functional groups attached to an aromatic ring is 1. The number of benzene rings is 1. The van der Waals surface area contributed by atoms with E-state index in [1.165, 1.54) is 12.5 Å². The maximum Gasteiger partial charge on any atom is 0.267 e. The summed E-state index contributed by atoms with van der Waals surface area (Å²) < 4.78 is 31.5. The highest BCUT2D eigenvalue weighted by Crippen LogP contribution is 2.34. The van der Waals surface area contributed by atoms with E-state index in [2.05, 4.69) is 6.92 Å². The summed E-state index contributed by atoms with van der Waals surface area (Å²) in [6, 6.07) is 4.45. The number of hydrogen-bond donors (Lipinski definition) is 1. The molecule has 1 saturated carbocycles. The Labute approximate surface area is 106 Å². The van der Waals surface area contributed by atoms with Crippen LogP contribution in [0, 0.1) is 5.92 Å². The van der Waals surface area contributed by atoms with Crippen molar-refractivity contribution < 1.29 is 13.5 Å². The minimum absolute atomic E-state index is 0.0508. The number of nitrogens with two attached hydrogens (primary N) is 1. The highest BCUT2D eigenvalue weighted by molar-refractivity contribution is 5.48. The molecule has 2 unspecified atom stereocenters. The Morgan fingerprint density at radius 1 is 1.33 bits per heavy atom. The Balaban J connectivity index is 2.12. The van der Waals surface area contributed by atoms with E-state index >= 15 is 0 Å². The van der Waals surface area contributed by atoms with Gasteiger partial charge in [0.25, 0.3) is 6.43 Å². The van der Waals surface area contributed by atoms with Crippen LogP contribution in [0.25, 0.3) is 0 Å². The molecule has 0 bridgehead atoms. The number of alkyl halides is 2. The maximum absolute atomic E-state index is 12.9. The van der Waals surface area contributed by atoms with Gasteiger partial charge in [0.05, 0.1) is 11.7 Å². The summed E-state index contributed by atoms with van der Waals surface area (Å²) in [6.07, 6.45) is 1.68. The first kappa shape index (κ1) is 13.1. The van der Waals surface area contributed by atoms with E-state index in [-0.39, 0.29) is 17.4 Å². The lowest BCUT2D eigenvalue weighted by molar-refractivity contribution is 0.111. The molecule has 0 heterocycles. The van der Waals surface area contributed by atoms with E-state index < -0.39 is 6.43 Å². The third-order valence-corrected chi connectivity index (χ3v) is 3.45. The van der Waals surface area contributed by atoms with Gasteiger partial charge in [0.15, 0.2) is 0 Å². The summed E-state index contributed by atoms with van der Waals surface area (Å²) in [7, 11) is 0. The van der Waals surface area contributed by atoms with Crippen molar-refractivity contribution in [2.75, 3.05) is 5.73 Å². The Morgan fingerprint density at radius 3 is 2.78 bits per heavy atom. The van der Waals surface area contributed by atoms with E-state index in [1.54, 1.807) is 12.1 Å². The molecule has 0 aromatic heterocycles. The van der Waals surface area contributed by atoms with Gasteiger partial charge in [0, 0.05) is 5.69 Å². The molecular weight excluding hydrogens is 236 g/mol. The van der Waals surface area contributed by atoms with Crippen LogP contribution in [0.5, 0.6) is 5.75 Å². The molecule has 1 aliphatic rings. The van der Waals surface area contributed by atoms with E-state index in [4.69, 9.17) is 10.5 Å². The predicted molar refractivity (Wildman–Crippen MR) is 67.9 cm³/mol. The fraction of sp³-hybridized carbons (Fsp3) is 0.571. The molecule has 1 aliphatic carbocycles. The van der Waals surface area contributed by atoms with Crippen LogP contribution in [0.1, 0.15) is 44.6 Å². The maximum atomic E-state index is 12.9. The number of anilines is 1. The second-order valence-electron chi connectivity index (χ2n) is 5.11. The molecule has 0 aliphatic heterocycles. The van der Waals surface area contributed by atoms with Crippen LogP contribution in [-0.2, 0) is 0 Å². The second-order valence-corrected chi connectivity index (χ2v) is 5.11. The largest absolute Gasteiger partial charge is 0.490 e. The van der Waals surface area contributed by atoms with Crippen molar-refractivity contribution in [2.24, 2.45) is 5.92 Å². The predicted octanol–water partition coefficient (Wildman–Crippen LogP) is 4.16. The summed E-state index contributed by atoms with van der Waals surface area (Å²) >= 11 is 0. The molecule has 2 rings (SSSR count). The molecule has 18 heavy (non-hydrogen) atoms. The minimum atomic E-state index is -2.55. The molecule has 1 aromatic carbocycles. The summed E-state index contributed by atoms with van der Waals surface area (Å²) in [5.41, 5.74) is 5.77. The Morgan fingerprint density at radius 2 is 2.11 bits per heavy atom. The normalized spacial score (nSPS) is 24.2. The average molecular weight is 255 g/mol. The molecule has 2 nitrogen and oxygen atoms in total. The van der Waals surface area contributed by atoms with Crippen molar-refractivity contribution in [3.63, 3.8) is 0 Å². The van der Waals surface area contributed by atoms with E-state index in [0.717, 1.165) is 19.3 Å².